The summed E-state index contributed by atoms with van der Waals surface area (Å²) in [5, 5.41) is 13.3. The highest BCUT2D eigenvalue weighted by Crippen LogP contribution is 2.27. The number of ether oxygens (including phenoxy) is 2. The number of methoxy groups -OCH3 is 1. The van der Waals surface area contributed by atoms with E-state index >= 15 is 0 Å². The first-order valence-corrected chi connectivity index (χ1v) is 10.8. The van der Waals surface area contributed by atoms with Gasteiger partial charge in [0.2, 0.25) is 5.91 Å². The van der Waals surface area contributed by atoms with Crippen LogP contribution >= 0.6 is 23.1 Å². The Morgan fingerprint density at radius 2 is 2.06 bits per heavy atom. The van der Waals surface area contributed by atoms with Crippen LogP contribution in [-0.2, 0) is 16.6 Å². The van der Waals surface area contributed by atoms with E-state index in [4.69, 9.17) is 4.74 Å². The molecule has 3 aromatic rings. The van der Waals surface area contributed by atoms with Crippen LogP contribution in [0, 0.1) is 11.6 Å². The van der Waals surface area contributed by atoms with Crippen LogP contribution in [0.3, 0.4) is 0 Å². The van der Waals surface area contributed by atoms with Crippen LogP contribution in [0.1, 0.15) is 29.2 Å². The number of aromatic nitrogens is 3. The van der Waals surface area contributed by atoms with Crippen molar-refractivity contribution in [3.05, 3.63) is 52.7 Å². The Balaban J connectivity index is 1.60. The number of nitrogens with zero attached hydrogens (tertiary/aromatic N) is 3. The number of thioether (sulfide) groups is 1. The number of rotatable bonds is 8. The molecule has 0 bridgehead atoms. The summed E-state index contributed by atoms with van der Waals surface area (Å²) in [7, 11) is 2.95. The lowest BCUT2D eigenvalue weighted by molar-refractivity contribution is -0.113. The summed E-state index contributed by atoms with van der Waals surface area (Å²) in [5.41, 5.74) is 0.283. The fraction of sp³-hybridized carbons (Fsp3) is 0.263. The molecule has 3 rings (SSSR count). The molecule has 1 amide bonds. The van der Waals surface area contributed by atoms with Crippen molar-refractivity contribution in [3.8, 4) is 5.75 Å². The van der Waals surface area contributed by atoms with E-state index in [1.807, 2.05) is 0 Å². The number of anilines is 1. The zero-order valence-corrected chi connectivity index (χ0v) is 18.4. The lowest BCUT2D eigenvalue weighted by Crippen LogP contribution is -2.16. The summed E-state index contributed by atoms with van der Waals surface area (Å²) in [6.45, 7) is 1.65. The summed E-state index contributed by atoms with van der Waals surface area (Å²) in [6, 6.07) is 4.60. The first-order valence-electron chi connectivity index (χ1n) is 8.89. The molecule has 31 heavy (non-hydrogen) atoms. The average molecular weight is 469 g/mol. The summed E-state index contributed by atoms with van der Waals surface area (Å²) in [5.74, 6) is -2.07. The fourth-order valence-electron chi connectivity index (χ4n) is 2.59. The van der Waals surface area contributed by atoms with E-state index in [0.29, 0.717) is 16.0 Å². The molecule has 8 nitrogen and oxygen atoms in total. The summed E-state index contributed by atoms with van der Waals surface area (Å²) in [4.78, 5) is 24.0. The predicted molar refractivity (Wildman–Crippen MR) is 111 cm³/mol. The summed E-state index contributed by atoms with van der Waals surface area (Å²) >= 11 is 2.34. The van der Waals surface area contributed by atoms with Crippen molar-refractivity contribution in [1.29, 1.82) is 0 Å². The van der Waals surface area contributed by atoms with Crippen LogP contribution in [0.2, 0.25) is 0 Å². The Hall–Kier alpha value is -2.99. The van der Waals surface area contributed by atoms with Gasteiger partial charge in [0.1, 0.15) is 10.8 Å². The SMILES string of the molecule is COC(=O)c1ccsc1NC(=O)CSc1nnc(C(C)Oc2ccc(F)cc2F)n1C. The molecule has 12 heteroatoms. The second-order valence-electron chi connectivity index (χ2n) is 6.23. The molecule has 0 fully saturated rings. The third-order valence-electron chi connectivity index (χ3n) is 4.09. The molecule has 1 unspecified atom stereocenters. The minimum atomic E-state index is -0.819. The van der Waals surface area contributed by atoms with Gasteiger partial charge in [-0.2, -0.15) is 0 Å². The van der Waals surface area contributed by atoms with E-state index in [1.54, 1.807) is 30.0 Å². The van der Waals surface area contributed by atoms with E-state index in [2.05, 4.69) is 20.3 Å². The molecular weight excluding hydrogens is 450 g/mol. The molecule has 1 atom stereocenters. The number of esters is 1. The number of carbonyl (C=O) groups is 2. The first-order chi connectivity index (χ1) is 14.8. The van der Waals surface area contributed by atoms with Gasteiger partial charge in [-0.05, 0) is 30.5 Å². The molecule has 0 aliphatic heterocycles. The second-order valence-corrected chi connectivity index (χ2v) is 8.09. The van der Waals surface area contributed by atoms with Gasteiger partial charge in [-0.15, -0.1) is 21.5 Å². The first kappa shape index (κ1) is 22.7. The standard InChI is InChI=1S/C19H18F2N4O4S2/c1-10(29-14-5-4-11(20)8-13(14)21)16-23-24-19(25(16)2)31-9-15(26)22-17-12(6-7-30-17)18(27)28-3/h4-8,10H,9H2,1-3H3,(H,22,26). The minimum absolute atomic E-state index is 0.0202. The van der Waals surface area contributed by atoms with Crippen LogP contribution in [0.25, 0.3) is 0 Å². The zero-order valence-electron chi connectivity index (χ0n) is 16.7. The maximum Gasteiger partial charge on any atom is 0.340 e. The molecule has 0 spiro atoms. The summed E-state index contributed by atoms with van der Waals surface area (Å²) < 4.78 is 38.7. The van der Waals surface area contributed by atoms with Crippen molar-refractivity contribution in [2.45, 2.75) is 18.2 Å². The van der Waals surface area contributed by atoms with Crippen molar-refractivity contribution >= 4 is 40.0 Å². The van der Waals surface area contributed by atoms with Crippen molar-refractivity contribution < 1.29 is 27.8 Å². The van der Waals surface area contributed by atoms with Crippen LogP contribution in [0.15, 0.2) is 34.8 Å². The van der Waals surface area contributed by atoms with Crippen LogP contribution in [0.5, 0.6) is 5.75 Å². The quantitative estimate of drug-likeness (QED) is 0.397. The maximum atomic E-state index is 13.8. The average Bonchev–Trinajstić information content (AvgIpc) is 3.34. The van der Waals surface area contributed by atoms with Gasteiger partial charge in [0, 0.05) is 13.1 Å². The molecule has 0 saturated heterocycles. The highest BCUT2D eigenvalue weighted by Gasteiger charge is 2.20. The lowest BCUT2D eigenvalue weighted by atomic mass is 10.3. The van der Waals surface area contributed by atoms with E-state index in [1.165, 1.54) is 24.5 Å². The van der Waals surface area contributed by atoms with E-state index in [-0.39, 0.29) is 23.0 Å². The van der Waals surface area contributed by atoms with Gasteiger partial charge in [-0.1, -0.05) is 11.8 Å². The van der Waals surface area contributed by atoms with E-state index < -0.39 is 23.7 Å². The highest BCUT2D eigenvalue weighted by atomic mass is 32.2. The predicted octanol–water partition coefficient (Wildman–Crippen LogP) is 3.81. The van der Waals surface area contributed by atoms with Gasteiger partial charge in [0.05, 0.1) is 18.4 Å². The zero-order chi connectivity index (χ0) is 22.5. The molecule has 1 N–H and O–H groups in total. The van der Waals surface area contributed by atoms with Gasteiger partial charge in [0.25, 0.3) is 0 Å². The number of thiophene rings is 1. The molecule has 0 radical (unpaired) electrons. The number of halogens is 2. The number of hydrogen-bond acceptors (Lipinski definition) is 8. The Morgan fingerprint density at radius 1 is 1.29 bits per heavy atom. The third kappa shape index (κ3) is 5.39. The molecule has 0 aliphatic rings. The Labute approximate surface area is 184 Å². The topological polar surface area (TPSA) is 95.3 Å². The Bertz CT molecular complexity index is 1100. The van der Waals surface area contributed by atoms with Gasteiger partial charge < -0.3 is 19.4 Å². The number of amides is 1. The van der Waals surface area contributed by atoms with E-state index in [0.717, 1.165) is 23.9 Å². The molecule has 2 heterocycles. The van der Waals surface area contributed by atoms with Gasteiger partial charge in [-0.25, -0.2) is 13.6 Å². The van der Waals surface area contributed by atoms with E-state index in [9.17, 15) is 18.4 Å². The van der Waals surface area contributed by atoms with Crippen LogP contribution in [0.4, 0.5) is 13.8 Å². The molecule has 0 saturated carbocycles. The minimum Gasteiger partial charge on any atom is -0.480 e. The van der Waals surface area contributed by atoms with Crippen molar-refractivity contribution in [2.24, 2.45) is 7.05 Å². The molecular formula is C19H18F2N4O4S2. The number of hydrogen-bond donors (Lipinski definition) is 1. The maximum absolute atomic E-state index is 13.8. The Morgan fingerprint density at radius 3 is 2.77 bits per heavy atom. The van der Waals surface area contributed by atoms with Crippen molar-refractivity contribution in [1.82, 2.24) is 14.8 Å². The normalized spacial score (nSPS) is 11.8. The Kier molecular flexibility index (Phi) is 7.23. The van der Waals surface area contributed by atoms with Crippen molar-refractivity contribution in [2.75, 3.05) is 18.2 Å². The monoisotopic (exact) mass is 468 g/mol. The second kappa shape index (κ2) is 9.88. The summed E-state index contributed by atoms with van der Waals surface area (Å²) in [6.07, 6.45) is -0.672. The van der Waals surface area contributed by atoms with Crippen LogP contribution < -0.4 is 10.1 Å². The largest absolute Gasteiger partial charge is 0.480 e. The van der Waals surface area contributed by atoms with Gasteiger partial charge >= 0.3 is 5.97 Å². The number of benzene rings is 1. The van der Waals surface area contributed by atoms with Crippen molar-refractivity contribution in [3.63, 3.8) is 0 Å². The lowest BCUT2D eigenvalue weighted by Gasteiger charge is -2.14. The molecule has 164 valence electrons. The third-order valence-corrected chi connectivity index (χ3v) is 5.94. The molecule has 2 aromatic heterocycles. The van der Waals surface area contributed by atoms with Gasteiger partial charge in [0.15, 0.2) is 28.7 Å². The number of carbonyl (C=O) groups excluding carboxylic acids is 2. The smallest absolute Gasteiger partial charge is 0.340 e. The number of nitrogens with one attached hydrogen (secondary N) is 1. The molecule has 1 aromatic carbocycles. The molecule has 0 aliphatic carbocycles. The van der Waals surface area contributed by atoms with Gasteiger partial charge in [-0.3, -0.25) is 4.79 Å². The van der Waals surface area contributed by atoms with Crippen LogP contribution in [-0.4, -0.2) is 39.5 Å². The fourth-order valence-corrected chi connectivity index (χ4v) is 4.10. The highest BCUT2D eigenvalue weighted by molar-refractivity contribution is 7.99.